The molecule has 0 aromatic heterocycles. The molecule has 1 atom stereocenters. The van der Waals surface area contributed by atoms with Gasteiger partial charge in [0.25, 0.3) is 5.91 Å². The van der Waals surface area contributed by atoms with Crippen molar-refractivity contribution >= 4 is 21.9 Å². The molecule has 3 N–H and O–H groups in total. The van der Waals surface area contributed by atoms with Crippen LogP contribution in [-0.4, -0.2) is 47.5 Å². The first-order chi connectivity index (χ1) is 14.6. The number of benzene rings is 2. The van der Waals surface area contributed by atoms with Gasteiger partial charge in [-0.1, -0.05) is 13.8 Å². The standard InChI is InChI=1S/C20H23FN2O7S/c1-13(2)19(20(26)22-27)23(12-11-18(24)25)31(28,29)17-9-7-16(8-10-17)30-15-5-3-14(21)4-6-15/h3-10,13,19,27H,11-12H2,1-2H3,(H,22,26)(H,24,25). The summed E-state index contributed by atoms with van der Waals surface area (Å²) in [5.74, 6) is -2.57. The number of carbonyl (C=O) groups excluding carboxylic acids is 1. The van der Waals surface area contributed by atoms with Gasteiger partial charge in [-0.15, -0.1) is 0 Å². The minimum absolute atomic E-state index is 0.194. The van der Waals surface area contributed by atoms with Crippen molar-refractivity contribution in [1.82, 2.24) is 9.79 Å². The number of carboxylic acids is 1. The molecule has 0 heterocycles. The maximum absolute atomic E-state index is 13.2. The van der Waals surface area contributed by atoms with Gasteiger partial charge in [-0.2, -0.15) is 4.31 Å². The largest absolute Gasteiger partial charge is 0.481 e. The van der Waals surface area contributed by atoms with Crippen molar-refractivity contribution in [1.29, 1.82) is 0 Å². The molecule has 2 aromatic rings. The smallest absolute Gasteiger partial charge is 0.304 e. The van der Waals surface area contributed by atoms with Crippen molar-refractivity contribution in [3.63, 3.8) is 0 Å². The number of nitrogens with zero attached hydrogens (tertiary/aromatic N) is 1. The number of carbonyl (C=O) groups is 2. The second-order valence-electron chi connectivity index (χ2n) is 6.95. The summed E-state index contributed by atoms with van der Waals surface area (Å²) >= 11 is 0. The predicted molar refractivity (Wildman–Crippen MR) is 108 cm³/mol. The lowest BCUT2D eigenvalue weighted by Gasteiger charge is -2.31. The quantitative estimate of drug-likeness (QED) is 0.371. The van der Waals surface area contributed by atoms with E-state index in [0.717, 1.165) is 4.31 Å². The van der Waals surface area contributed by atoms with Crippen LogP contribution < -0.4 is 10.2 Å². The van der Waals surface area contributed by atoms with Gasteiger partial charge in [0.1, 0.15) is 23.4 Å². The van der Waals surface area contributed by atoms with Gasteiger partial charge >= 0.3 is 5.97 Å². The summed E-state index contributed by atoms with van der Waals surface area (Å²) in [5, 5.41) is 18.0. The Kier molecular flexibility index (Phi) is 8.08. The molecule has 0 radical (unpaired) electrons. The molecule has 31 heavy (non-hydrogen) atoms. The van der Waals surface area contributed by atoms with Crippen LogP contribution in [0.2, 0.25) is 0 Å². The zero-order valence-corrected chi connectivity index (χ0v) is 17.7. The Morgan fingerprint density at radius 1 is 1.06 bits per heavy atom. The minimum Gasteiger partial charge on any atom is -0.481 e. The molecular weight excluding hydrogens is 431 g/mol. The van der Waals surface area contributed by atoms with E-state index in [4.69, 9.17) is 15.1 Å². The van der Waals surface area contributed by atoms with Crippen molar-refractivity contribution in [2.45, 2.75) is 31.2 Å². The Morgan fingerprint density at radius 3 is 2.03 bits per heavy atom. The first-order valence-electron chi connectivity index (χ1n) is 9.27. The molecule has 1 amide bonds. The van der Waals surface area contributed by atoms with E-state index < -0.39 is 52.6 Å². The molecule has 0 aliphatic rings. The van der Waals surface area contributed by atoms with Gasteiger partial charge in [-0.05, 0) is 54.4 Å². The Balaban J connectivity index is 2.35. The molecule has 0 saturated heterocycles. The topological polar surface area (TPSA) is 133 Å². The highest BCUT2D eigenvalue weighted by molar-refractivity contribution is 7.89. The zero-order valence-electron chi connectivity index (χ0n) is 16.9. The molecule has 0 aliphatic carbocycles. The van der Waals surface area contributed by atoms with Crippen LogP contribution in [0.1, 0.15) is 20.3 Å². The van der Waals surface area contributed by atoms with Gasteiger partial charge in [0.15, 0.2) is 0 Å². The van der Waals surface area contributed by atoms with Gasteiger partial charge < -0.3 is 9.84 Å². The van der Waals surface area contributed by atoms with Crippen molar-refractivity contribution in [2.24, 2.45) is 5.92 Å². The highest BCUT2D eigenvalue weighted by Gasteiger charge is 2.38. The lowest BCUT2D eigenvalue weighted by atomic mass is 10.0. The van der Waals surface area contributed by atoms with Gasteiger partial charge in [0.05, 0.1) is 11.3 Å². The molecule has 9 nitrogen and oxygen atoms in total. The third-order valence-corrected chi connectivity index (χ3v) is 6.24. The van der Waals surface area contributed by atoms with Crippen LogP contribution in [0.15, 0.2) is 53.4 Å². The van der Waals surface area contributed by atoms with E-state index >= 15 is 0 Å². The predicted octanol–water partition coefficient (Wildman–Crippen LogP) is 2.61. The number of aliphatic carboxylic acids is 1. The number of amides is 1. The molecule has 0 saturated carbocycles. The minimum atomic E-state index is -4.30. The third-order valence-electron chi connectivity index (χ3n) is 4.35. The number of nitrogens with one attached hydrogen (secondary N) is 1. The first kappa shape index (κ1) is 24.3. The second-order valence-corrected chi connectivity index (χ2v) is 8.84. The van der Waals surface area contributed by atoms with Crippen LogP contribution in [0, 0.1) is 11.7 Å². The zero-order chi connectivity index (χ0) is 23.2. The van der Waals surface area contributed by atoms with Gasteiger partial charge in [-0.25, -0.2) is 18.3 Å². The summed E-state index contributed by atoms with van der Waals surface area (Å²) in [7, 11) is -4.30. The van der Waals surface area contributed by atoms with Gasteiger partial charge in [-0.3, -0.25) is 14.8 Å². The van der Waals surface area contributed by atoms with E-state index in [2.05, 4.69) is 0 Å². The first-order valence-corrected chi connectivity index (χ1v) is 10.7. The monoisotopic (exact) mass is 454 g/mol. The number of rotatable bonds is 10. The van der Waals surface area contributed by atoms with E-state index in [1.165, 1.54) is 54.0 Å². The number of hydrogen-bond acceptors (Lipinski definition) is 6. The Labute approximate surface area is 179 Å². The molecule has 0 fully saturated rings. The summed E-state index contributed by atoms with van der Waals surface area (Å²) < 4.78 is 45.7. The molecule has 2 aromatic carbocycles. The van der Waals surface area contributed by atoms with E-state index in [0.29, 0.717) is 5.75 Å². The normalized spacial score (nSPS) is 12.6. The molecule has 1 unspecified atom stereocenters. The van der Waals surface area contributed by atoms with E-state index in [1.54, 1.807) is 13.8 Å². The van der Waals surface area contributed by atoms with Crippen LogP contribution in [-0.2, 0) is 19.6 Å². The molecule has 2 rings (SSSR count). The average Bonchev–Trinajstić information content (AvgIpc) is 2.72. The van der Waals surface area contributed by atoms with E-state index in [-0.39, 0.29) is 10.6 Å². The summed E-state index contributed by atoms with van der Waals surface area (Å²) in [6.45, 7) is 2.67. The van der Waals surface area contributed by atoms with Crippen LogP contribution in [0.4, 0.5) is 4.39 Å². The lowest BCUT2D eigenvalue weighted by molar-refractivity contribution is -0.139. The molecule has 11 heteroatoms. The number of ether oxygens (including phenoxy) is 1. The van der Waals surface area contributed by atoms with Gasteiger partial charge in [0, 0.05) is 6.54 Å². The molecule has 0 aliphatic heterocycles. The maximum Gasteiger partial charge on any atom is 0.304 e. The van der Waals surface area contributed by atoms with E-state index in [1.807, 2.05) is 0 Å². The molecule has 168 valence electrons. The van der Waals surface area contributed by atoms with Crippen molar-refractivity contribution in [3.05, 3.63) is 54.3 Å². The third kappa shape index (κ3) is 6.23. The second kappa shape index (κ2) is 10.3. The van der Waals surface area contributed by atoms with Crippen LogP contribution >= 0.6 is 0 Å². The molecule has 0 spiro atoms. The highest BCUT2D eigenvalue weighted by Crippen LogP contribution is 2.27. The number of hydroxylamine groups is 1. The Hall–Kier alpha value is -3.02. The Morgan fingerprint density at radius 2 is 1.58 bits per heavy atom. The SMILES string of the molecule is CC(C)C(C(=O)NO)N(CCC(=O)O)S(=O)(=O)c1ccc(Oc2ccc(F)cc2)cc1. The van der Waals surface area contributed by atoms with Crippen LogP contribution in [0.3, 0.4) is 0 Å². The van der Waals surface area contributed by atoms with Crippen molar-refractivity contribution in [2.75, 3.05) is 6.54 Å². The fraction of sp³-hybridized carbons (Fsp3) is 0.300. The Bertz CT molecular complexity index is 1010. The van der Waals surface area contributed by atoms with Crippen molar-refractivity contribution in [3.8, 4) is 11.5 Å². The summed E-state index contributed by atoms with van der Waals surface area (Å²) in [6, 6.07) is 9.17. The fourth-order valence-corrected chi connectivity index (χ4v) is 4.62. The number of hydrogen-bond donors (Lipinski definition) is 3. The summed E-state index contributed by atoms with van der Waals surface area (Å²) in [5.41, 5.74) is 1.44. The lowest BCUT2D eigenvalue weighted by Crippen LogP contribution is -2.52. The van der Waals surface area contributed by atoms with Crippen LogP contribution in [0.25, 0.3) is 0 Å². The number of carboxylic acid groups (broad SMARTS) is 1. The summed E-state index contributed by atoms with van der Waals surface area (Å²) in [6.07, 6.45) is -0.535. The summed E-state index contributed by atoms with van der Waals surface area (Å²) in [4.78, 5) is 23.0. The van der Waals surface area contributed by atoms with E-state index in [9.17, 15) is 22.4 Å². The highest BCUT2D eigenvalue weighted by atomic mass is 32.2. The van der Waals surface area contributed by atoms with Crippen molar-refractivity contribution < 1.29 is 37.4 Å². The van der Waals surface area contributed by atoms with Crippen LogP contribution in [0.5, 0.6) is 11.5 Å². The number of sulfonamides is 1. The fourth-order valence-electron chi connectivity index (χ4n) is 2.90. The average molecular weight is 454 g/mol. The maximum atomic E-state index is 13.2. The molecular formula is C20H23FN2O7S. The van der Waals surface area contributed by atoms with Gasteiger partial charge in [0.2, 0.25) is 10.0 Å². The number of halogens is 1. The molecule has 0 bridgehead atoms.